The van der Waals surface area contributed by atoms with Crippen molar-refractivity contribution in [3.05, 3.63) is 52.1 Å². The van der Waals surface area contributed by atoms with Crippen LogP contribution in [-0.2, 0) is 0 Å². The molecule has 0 spiro atoms. The van der Waals surface area contributed by atoms with Gasteiger partial charge in [0.25, 0.3) is 0 Å². The third-order valence-corrected chi connectivity index (χ3v) is 3.54. The summed E-state index contributed by atoms with van der Waals surface area (Å²) in [4.78, 5) is 4.28. The summed E-state index contributed by atoms with van der Waals surface area (Å²) in [5.41, 5.74) is 2.37. The van der Waals surface area contributed by atoms with Gasteiger partial charge in [0.1, 0.15) is 18.2 Å². The first kappa shape index (κ1) is 13.9. The minimum atomic E-state index is 0.611. The van der Waals surface area contributed by atoms with Gasteiger partial charge in [-0.05, 0) is 59.1 Å². The summed E-state index contributed by atoms with van der Waals surface area (Å²) in [6.45, 7) is 5.43. The zero-order valence-corrected chi connectivity index (χ0v) is 12.7. The molecule has 0 saturated heterocycles. The number of anilines is 1. The van der Waals surface area contributed by atoms with Gasteiger partial charge in [-0.1, -0.05) is 12.1 Å². The lowest BCUT2D eigenvalue weighted by Crippen LogP contribution is -2.12. The zero-order chi connectivity index (χ0) is 13.7. The molecule has 0 amide bonds. The van der Waals surface area contributed by atoms with Crippen LogP contribution in [0.3, 0.4) is 0 Å². The van der Waals surface area contributed by atoms with E-state index in [2.05, 4.69) is 39.2 Å². The van der Waals surface area contributed by atoms with E-state index in [1.54, 1.807) is 6.20 Å². The van der Waals surface area contributed by atoms with Gasteiger partial charge < -0.3 is 10.1 Å². The maximum atomic E-state index is 5.66. The van der Waals surface area contributed by atoms with Crippen LogP contribution in [0, 0.1) is 13.8 Å². The van der Waals surface area contributed by atoms with Crippen LogP contribution in [0.5, 0.6) is 5.75 Å². The molecule has 0 bridgehead atoms. The number of hydrogen-bond donors (Lipinski definition) is 1. The molecular formula is C15H17BrN2O. The minimum absolute atomic E-state index is 0.611. The second kappa shape index (κ2) is 6.57. The molecule has 0 radical (unpaired) electrons. The average molecular weight is 321 g/mol. The zero-order valence-electron chi connectivity index (χ0n) is 11.1. The van der Waals surface area contributed by atoms with Gasteiger partial charge in [-0.15, -0.1) is 0 Å². The lowest BCUT2D eigenvalue weighted by molar-refractivity contribution is 0.332. The number of pyridine rings is 1. The Labute approximate surface area is 122 Å². The SMILES string of the molecule is Cc1cccc(OCCNc2cc(C)c(Br)cn2)c1. The molecule has 2 aromatic rings. The maximum Gasteiger partial charge on any atom is 0.126 e. The van der Waals surface area contributed by atoms with Gasteiger partial charge in [-0.25, -0.2) is 4.98 Å². The van der Waals surface area contributed by atoms with E-state index < -0.39 is 0 Å². The number of benzene rings is 1. The Hall–Kier alpha value is -1.55. The van der Waals surface area contributed by atoms with Crippen LogP contribution >= 0.6 is 15.9 Å². The van der Waals surface area contributed by atoms with Crippen molar-refractivity contribution in [2.45, 2.75) is 13.8 Å². The molecule has 19 heavy (non-hydrogen) atoms. The first-order chi connectivity index (χ1) is 9.15. The number of aromatic nitrogens is 1. The molecule has 100 valence electrons. The Morgan fingerprint density at radius 2 is 2.11 bits per heavy atom. The molecule has 3 nitrogen and oxygen atoms in total. The van der Waals surface area contributed by atoms with Crippen LogP contribution in [0.15, 0.2) is 41.0 Å². The van der Waals surface area contributed by atoms with Crippen LogP contribution < -0.4 is 10.1 Å². The normalized spacial score (nSPS) is 10.3. The fourth-order valence-electron chi connectivity index (χ4n) is 1.69. The van der Waals surface area contributed by atoms with E-state index in [1.165, 1.54) is 5.56 Å². The topological polar surface area (TPSA) is 34.1 Å². The van der Waals surface area contributed by atoms with Crippen molar-refractivity contribution < 1.29 is 4.74 Å². The standard InChI is InChI=1S/C15H17BrN2O/c1-11-4-3-5-13(8-11)19-7-6-17-15-9-12(2)14(16)10-18-15/h3-5,8-10H,6-7H2,1-2H3,(H,17,18). The predicted molar refractivity (Wildman–Crippen MR) is 81.8 cm³/mol. The van der Waals surface area contributed by atoms with Crippen LogP contribution in [0.25, 0.3) is 0 Å². The van der Waals surface area contributed by atoms with E-state index >= 15 is 0 Å². The summed E-state index contributed by atoms with van der Waals surface area (Å²) in [6, 6.07) is 10.1. The summed E-state index contributed by atoms with van der Waals surface area (Å²) in [7, 11) is 0. The van der Waals surface area contributed by atoms with Gasteiger partial charge in [-0.3, -0.25) is 0 Å². The van der Waals surface area contributed by atoms with Gasteiger partial charge in [0, 0.05) is 10.7 Å². The fourth-order valence-corrected chi connectivity index (χ4v) is 1.91. The van der Waals surface area contributed by atoms with E-state index in [-0.39, 0.29) is 0 Å². The predicted octanol–water partition coefficient (Wildman–Crippen LogP) is 3.95. The molecule has 1 N–H and O–H groups in total. The third-order valence-electron chi connectivity index (χ3n) is 2.71. The molecule has 2 rings (SSSR count). The molecule has 0 atom stereocenters. The molecule has 0 fully saturated rings. The Kier molecular flexibility index (Phi) is 4.80. The molecule has 1 aromatic carbocycles. The Balaban J connectivity index is 1.79. The summed E-state index contributed by atoms with van der Waals surface area (Å²) in [5.74, 6) is 1.77. The van der Waals surface area contributed by atoms with Gasteiger partial charge in [0.05, 0.1) is 6.54 Å². The number of rotatable bonds is 5. The monoisotopic (exact) mass is 320 g/mol. The number of halogens is 1. The van der Waals surface area contributed by atoms with E-state index in [4.69, 9.17) is 4.74 Å². The van der Waals surface area contributed by atoms with Crippen molar-refractivity contribution in [2.24, 2.45) is 0 Å². The highest BCUT2D eigenvalue weighted by molar-refractivity contribution is 9.10. The molecule has 0 saturated carbocycles. The van der Waals surface area contributed by atoms with E-state index in [0.717, 1.165) is 28.1 Å². The number of ether oxygens (including phenoxy) is 1. The smallest absolute Gasteiger partial charge is 0.126 e. The molecule has 0 aliphatic rings. The van der Waals surface area contributed by atoms with Crippen molar-refractivity contribution in [2.75, 3.05) is 18.5 Å². The van der Waals surface area contributed by atoms with Crippen molar-refractivity contribution in [1.82, 2.24) is 4.98 Å². The van der Waals surface area contributed by atoms with Crippen LogP contribution in [0.1, 0.15) is 11.1 Å². The van der Waals surface area contributed by atoms with Gasteiger partial charge in [0.2, 0.25) is 0 Å². The highest BCUT2D eigenvalue weighted by atomic mass is 79.9. The third kappa shape index (κ3) is 4.24. The second-order valence-corrected chi connectivity index (χ2v) is 5.26. The Morgan fingerprint density at radius 3 is 2.84 bits per heavy atom. The van der Waals surface area contributed by atoms with E-state index in [0.29, 0.717) is 6.61 Å². The molecule has 0 unspecified atom stereocenters. The Bertz CT molecular complexity index is 558. The number of nitrogens with one attached hydrogen (secondary N) is 1. The summed E-state index contributed by atoms with van der Waals surface area (Å²) in [5, 5.41) is 3.24. The van der Waals surface area contributed by atoms with Crippen LogP contribution in [0.2, 0.25) is 0 Å². The summed E-state index contributed by atoms with van der Waals surface area (Å²) < 4.78 is 6.69. The number of hydrogen-bond acceptors (Lipinski definition) is 3. The van der Waals surface area contributed by atoms with E-state index in [1.807, 2.05) is 31.2 Å². The quantitative estimate of drug-likeness (QED) is 0.847. The Morgan fingerprint density at radius 1 is 1.26 bits per heavy atom. The summed E-state index contributed by atoms with van der Waals surface area (Å²) >= 11 is 3.43. The molecular weight excluding hydrogens is 304 g/mol. The van der Waals surface area contributed by atoms with Crippen molar-refractivity contribution >= 4 is 21.7 Å². The van der Waals surface area contributed by atoms with E-state index in [9.17, 15) is 0 Å². The summed E-state index contributed by atoms with van der Waals surface area (Å²) in [6.07, 6.45) is 1.80. The molecule has 1 aromatic heterocycles. The van der Waals surface area contributed by atoms with Gasteiger partial charge in [0.15, 0.2) is 0 Å². The first-order valence-electron chi connectivity index (χ1n) is 6.20. The first-order valence-corrected chi connectivity index (χ1v) is 7.00. The van der Waals surface area contributed by atoms with Crippen molar-refractivity contribution in [3.8, 4) is 5.75 Å². The molecule has 0 aliphatic carbocycles. The molecule has 4 heteroatoms. The second-order valence-electron chi connectivity index (χ2n) is 4.41. The van der Waals surface area contributed by atoms with Gasteiger partial charge in [-0.2, -0.15) is 0 Å². The minimum Gasteiger partial charge on any atom is -0.492 e. The van der Waals surface area contributed by atoms with Gasteiger partial charge >= 0.3 is 0 Å². The maximum absolute atomic E-state index is 5.66. The van der Waals surface area contributed by atoms with Crippen molar-refractivity contribution in [3.63, 3.8) is 0 Å². The fraction of sp³-hybridized carbons (Fsp3) is 0.267. The average Bonchev–Trinajstić information content (AvgIpc) is 2.39. The van der Waals surface area contributed by atoms with Crippen LogP contribution in [0.4, 0.5) is 5.82 Å². The lowest BCUT2D eigenvalue weighted by Gasteiger charge is -2.09. The molecule has 1 heterocycles. The number of aryl methyl sites for hydroxylation is 2. The number of nitrogens with zero attached hydrogens (tertiary/aromatic N) is 1. The van der Waals surface area contributed by atoms with Crippen molar-refractivity contribution in [1.29, 1.82) is 0 Å². The molecule has 0 aliphatic heterocycles. The largest absolute Gasteiger partial charge is 0.492 e. The van der Waals surface area contributed by atoms with Crippen LogP contribution in [-0.4, -0.2) is 18.1 Å². The lowest BCUT2D eigenvalue weighted by atomic mass is 10.2. The highest BCUT2D eigenvalue weighted by Crippen LogP contribution is 2.17. The highest BCUT2D eigenvalue weighted by Gasteiger charge is 1.98.